The quantitative estimate of drug-likeness (QED) is 0.696. The molecule has 7 heteroatoms. The van der Waals surface area contributed by atoms with Gasteiger partial charge in [0.25, 0.3) is 0 Å². The molecule has 0 saturated heterocycles. The molecule has 154 valence electrons. The average Bonchev–Trinajstić information content (AvgIpc) is 3.38. The summed E-state index contributed by atoms with van der Waals surface area (Å²) < 4.78 is 8.03. The average molecular weight is 403 g/mol. The largest absolute Gasteiger partial charge is 0.491 e. The Morgan fingerprint density at radius 1 is 1.23 bits per heavy atom. The standard InChI is InChI=1S/C23H25N5O2/c1-15(2)28-23(24-14-25-28)20-12-27-9-10-30-21-11-16(7-8-19(21)22(27)26-20)18-6-4-3-5-17(18)13-29/h3-8,11-12,14-15,22,26,29H,9-10,13H2,1-2H3. The molecule has 2 aliphatic heterocycles. The first-order chi connectivity index (χ1) is 14.7. The topological polar surface area (TPSA) is 75.4 Å². The SMILES string of the molecule is CC(C)n1ncnc1C1=CN2CCOc3cc(-c4ccccc4CO)ccc3C2N1. The van der Waals surface area contributed by atoms with Gasteiger partial charge in [-0.2, -0.15) is 5.10 Å². The molecule has 0 amide bonds. The summed E-state index contributed by atoms with van der Waals surface area (Å²) in [7, 11) is 0. The Morgan fingerprint density at radius 2 is 2.10 bits per heavy atom. The highest BCUT2D eigenvalue weighted by atomic mass is 16.5. The van der Waals surface area contributed by atoms with E-state index in [4.69, 9.17) is 4.74 Å². The normalized spacial score (nSPS) is 17.7. The van der Waals surface area contributed by atoms with Crippen LogP contribution >= 0.6 is 0 Å². The number of hydrogen-bond donors (Lipinski definition) is 2. The van der Waals surface area contributed by atoms with E-state index in [-0.39, 0.29) is 18.8 Å². The molecule has 0 bridgehead atoms. The molecule has 30 heavy (non-hydrogen) atoms. The number of aliphatic hydroxyl groups is 1. The van der Waals surface area contributed by atoms with Gasteiger partial charge in [-0.05, 0) is 36.6 Å². The number of benzene rings is 2. The van der Waals surface area contributed by atoms with E-state index in [0.717, 1.165) is 46.1 Å². The fourth-order valence-corrected chi connectivity index (χ4v) is 4.15. The van der Waals surface area contributed by atoms with Crippen molar-refractivity contribution in [2.75, 3.05) is 13.2 Å². The van der Waals surface area contributed by atoms with E-state index in [2.05, 4.69) is 58.5 Å². The fourth-order valence-electron chi connectivity index (χ4n) is 4.15. The Hall–Kier alpha value is -3.32. The second-order valence-corrected chi connectivity index (χ2v) is 7.87. The molecule has 1 aromatic heterocycles. The van der Waals surface area contributed by atoms with Gasteiger partial charge in [-0.25, -0.2) is 9.67 Å². The van der Waals surface area contributed by atoms with Crippen LogP contribution in [0.3, 0.4) is 0 Å². The van der Waals surface area contributed by atoms with Gasteiger partial charge in [0, 0.05) is 17.8 Å². The van der Waals surface area contributed by atoms with Gasteiger partial charge in [-0.15, -0.1) is 0 Å². The lowest BCUT2D eigenvalue weighted by Gasteiger charge is -2.23. The van der Waals surface area contributed by atoms with Crippen molar-refractivity contribution in [1.82, 2.24) is 25.0 Å². The maximum absolute atomic E-state index is 9.70. The number of rotatable bonds is 4. The zero-order valence-corrected chi connectivity index (χ0v) is 17.1. The molecule has 3 aromatic rings. The van der Waals surface area contributed by atoms with Gasteiger partial charge in [0.1, 0.15) is 24.8 Å². The molecule has 3 heterocycles. The lowest BCUT2D eigenvalue weighted by atomic mass is 9.98. The van der Waals surface area contributed by atoms with Crippen LogP contribution in [0.1, 0.15) is 43.0 Å². The summed E-state index contributed by atoms with van der Waals surface area (Å²) in [5, 5.41) is 17.7. The Morgan fingerprint density at radius 3 is 2.93 bits per heavy atom. The molecule has 1 atom stereocenters. The number of aliphatic hydroxyl groups excluding tert-OH is 1. The van der Waals surface area contributed by atoms with Crippen molar-refractivity contribution < 1.29 is 9.84 Å². The van der Waals surface area contributed by atoms with Crippen LogP contribution in [0.2, 0.25) is 0 Å². The van der Waals surface area contributed by atoms with Gasteiger partial charge in [-0.3, -0.25) is 0 Å². The third-order valence-corrected chi connectivity index (χ3v) is 5.64. The minimum Gasteiger partial charge on any atom is -0.491 e. The highest BCUT2D eigenvalue weighted by Crippen LogP contribution is 2.39. The summed E-state index contributed by atoms with van der Waals surface area (Å²) >= 11 is 0. The Kier molecular flexibility index (Phi) is 4.67. The van der Waals surface area contributed by atoms with E-state index >= 15 is 0 Å². The molecule has 5 rings (SSSR count). The van der Waals surface area contributed by atoms with Crippen LogP contribution in [-0.2, 0) is 6.61 Å². The molecule has 2 aromatic carbocycles. The summed E-state index contributed by atoms with van der Waals surface area (Å²) in [5.74, 6) is 1.70. The van der Waals surface area contributed by atoms with Crippen LogP contribution in [0, 0.1) is 0 Å². The van der Waals surface area contributed by atoms with E-state index in [9.17, 15) is 5.11 Å². The van der Waals surface area contributed by atoms with Crippen LogP contribution < -0.4 is 10.1 Å². The lowest BCUT2D eigenvalue weighted by Crippen LogP contribution is -2.28. The third-order valence-electron chi connectivity index (χ3n) is 5.64. The maximum atomic E-state index is 9.70. The van der Waals surface area contributed by atoms with Gasteiger partial charge in [-0.1, -0.05) is 36.4 Å². The fraction of sp³-hybridized carbons (Fsp3) is 0.304. The van der Waals surface area contributed by atoms with Crippen molar-refractivity contribution in [2.24, 2.45) is 0 Å². The van der Waals surface area contributed by atoms with E-state index < -0.39 is 0 Å². The first-order valence-electron chi connectivity index (χ1n) is 10.3. The van der Waals surface area contributed by atoms with E-state index in [1.807, 2.05) is 28.9 Å². The molecule has 2 N–H and O–H groups in total. The van der Waals surface area contributed by atoms with Gasteiger partial charge < -0.3 is 20.1 Å². The van der Waals surface area contributed by atoms with Crippen molar-refractivity contribution in [3.63, 3.8) is 0 Å². The van der Waals surface area contributed by atoms with Gasteiger partial charge in [0.05, 0.1) is 18.8 Å². The second-order valence-electron chi connectivity index (χ2n) is 7.87. The van der Waals surface area contributed by atoms with Crippen molar-refractivity contribution in [1.29, 1.82) is 0 Å². The monoisotopic (exact) mass is 403 g/mol. The summed E-state index contributed by atoms with van der Waals surface area (Å²) in [6.07, 6.45) is 3.70. The number of hydrogen-bond acceptors (Lipinski definition) is 6. The molecule has 0 saturated carbocycles. The number of aromatic nitrogens is 3. The molecule has 2 aliphatic rings. The van der Waals surface area contributed by atoms with Crippen molar-refractivity contribution in [3.05, 3.63) is 71.9 Å². The Balaban J connectivity index is 1.49. The first kappa shape index (κ1) is 18.7. The lowest BCUT2D eigenvalue weighted by molar-refractivity contribution is 0.248. The van der Waals surface area contributed by atoms with Crippen molar-refractivity contribution >= 4 is 5.70 Å². The predicted octanol–water partition coefficient (Wildman–Crippen LogP) is 3.31. The molecule has 1 unspecified atom stereocenters. The van der Waals surface area contributed by atoms with E-state index in [1.54, 1.807) is 6.33 Å². The molecule has 0 aliphatic carbocycles. The molecule has 7 nitrogen and oxygen atoms in total. The maximum Gasteiger partial charge on any atom is 0.176 e. The third kappa shape index (κ3) is 3.11. The van der Waals surface area contributed by atoms with Crippen LogP contribution in [0.25, 0.3) is 16.8 Å². The van der Waals surface area contributed by atoms with Gasteiger partial charge >= 0.3 is 0 Å². The minimum atomic E-state index is -0.0167. The molecular formula is C23H25N5O2. The zero-order valence-electron chi connectivity index (χ0n) is 17.1. The zero-order chi connectivity index (χ0) is 20.7. The predicted molar refractivity (Wildman–Crippen MR) is 114 cm³/mol. The van der Waals surface area contributed by atoms with E-state index in [0.29, 0.717) is 6.61 Å². The number of nitrogens with zero attached hydrogens (tertiary/aromatic N) is 4. The second kappa shape index (κ2) is 7.50. The van der Waals surface area contributed by atoms with Crippen LogP contribution in [0.15, 0.2) is 55.0 Å². The Bertz CT molecular complexity index is 1100. The summed E-state index contributed by atoms with van der Waals surface area (Å²) in [4.78, 5) is 6.72. The van der Waals surface area contributed by atoms with Crippen molar-refractivity contribution in [3.8, 4) is 16.9 Å². The smallest absolute Gasteiger partial charge is 0.176 e. The minimum absolute atomic E-state index is 0.00981. The number of ether oxygens (including phenoxy) is 1. The van der Waals surface area contributed by atoms with Crippen LogP contribution in [-0.4, -0.2) is 37.9 Å². The van der Waals surface area contributed by atoms with E-state index in [1.165, 1.54) is 0 Å². The van der Waals surface area contributed by atoms with Gasteiger partial charge in [0.2, 0.25) is 0 Å². The molecule has 0 spiro atoms. The summed E-state index contributed by atoms with van der Waals surface area (Å²) in [6.45, 7) is 5.57. The van der Waals surface area contributed by atoms with Gasteiger partial charge in [0.15, 0.2) is 5.82 Å². The summed E-state index contributed by atoms with van der Waals surface area (Å²) in [6, 6.07) is 14.4. The highest BCUT2D eigenvalue weighted by molar-refractivity contribution is 5.70. The molecular weight excluding hydrogens is 378 g/mol. The van der Waals surface area contributed by atoms with Crippen molar-refractivity contribution in [2.45, 2.75) is 32.7 Å². The Labute approximate surface area is 175 Å². The van der Waals surface area contributed by atoms with Crippen LogP contribution in [0.5, 0.6) is 5.75 Å². The number of nitrogens with one attached hydrogen (secondary N) is 1. The first-order valence-corrected chi connectivity index (χ1v) is 10.3. The molecule has 0 radical (unpaired) electrons. The summed E-state index contributed by atoms with van der Waals surface area (Å²) in [5.41, 5.74) is 5.02. The van der Waals surface area contributed by atoms with Crippen LogP contribution in [0.4, 0.5) is 0 Å². The molecule has 0 fully saturated rings. The highest BCUT2D eigenvalue weighted by Gasteiger charge is 2.32. The number of fused-ring (bicyclic) bond motifs is 3.